The highest BCUT2D eigenvalue weighted by molar-refractivity contribution is 5.93. The molecular formula is C18H19F2N3O. The number of carbonyl (C=O) groups excluding carboxylic acids is 1. The first-order valence-electron chi connectivity index (χ1n) is 7.99. The molecule has 6 heteroatoms. The van der Waals surface area contributed by atoms with Gasteiger partial charge in [-0.3, -0.25) is 9.48 Å². The van der Waals surface area contributed by atoms with Crippen molar-refractivity contribution in [3.63, 3.8) is 0 Å². The van der Waals surface area contributed by atoms with Crippen LogP contribution in [0.2, 0.25) is 0 Å². The molecule has 2 aromatic rings. The van der Waals surface area contributed by atoms with Gasteiger partial charge in [-0.2, -0.15) is 5.10 Å². The van der Waals surface area contributed by atoms with E-state index < -0.39 is 13.0 Å². The summed E-state index contributed by atoms with van der Waals surface area (Å²) < 4.78 is 26.3. The van der Waals surface area contributed by atoms with Crippen LogP contribution in [0.3, 0.4) is 0 Å². The van der Waals surface area contributed by atoms with E-state index in [2.05, 4.69) is 5.10 Å². The summed E-state index contributed by atoms with van der Waals surface area (Å²) in [5.74, 6) is -0.242. The minimum atomic E-state index is -2.54. The molecule has 4 nitrogen and oxygen atoms in total. The van der Waals surface area contributed by atoms with E-state index in [1.165, 1.54) is 12.3 Å². The number of halogens is 2. The Labute approximate surface area is 139 Å². The lowest BCUT2D eigenvalue weighted by atomic mass is 10.1. The Kier molecular flexibility index (Phi) is 5.03. The molecule has 0 spiro atoms. The maximum Gasteiger partial charge on any atom is 0.272 e. The van der Waals surface area contributed by atoms with Gasteiger partial charge in [-0.15, -0.1) is 0 Å². The van der Waals surface area contributed by atoms with Gasteiger partial charge in [-0.05, 0) is 24.5 Å². The van der Waals surface area contributed by atoms with Gasteiger partial charge in [0.1, 0.15) is 12.2 Å². The molecule has 0 radical (unpaired) electrons. The SMILES string of the molecule is O=C(c1ccnn1CC(F)F)N1CCCC1C=Cc1ccccc1. The van der Waals surface area contributed by atoms with Crippen molar-refractivity contribution >= 4 is 12.0 Å². The van der Waals surface area contributed by atoms with Crippen LogP contribution < -0.4 is 0 Å². The molecule has 24 heavy (non-hydrogen) atoms. The normalized spacial score (nSPS) is 18.0. The number of likely N-dealkylation sites (tertiary alicyclic amines) is 1. The van der Waals surface area contributed by atoms with E-state index in [1.54, 1.807) is 4.90 Å². The fraction of sp³-hybridized carbons (Fsp3) is 0.333. The average molecular weight is 331 g/mol. The van der Waals surface area contributed by atoms with Crippen LogP contribution in [0.1, 0.15) is 28.9 Å². The van der Waals surface area contributed by atoms with Crippen LogP contribution in [0, 0.1) is 0 Å². The van der Waals surface area contributed by atoms with Gasteiger partial charge in [-0.1, -0.05) is 42.5 Å². The van der Waals surface area contributed by atoms with Crippen LogP contribution in [0.25, 0.3) is 6.08 Å². The molecule has 0 aliphatic carbocycles. The number of aromatic nitrogens is 2. The number of carbonyl (C=O) groups is 1. The van der Waals surface area contributed by atoms with Crippen LogP contribution in [-0.4, -0.2) is 39.6 Å². The molecule has 0 saturated carbocycles. The summed E-state index contributed by atoms with van der Waals surface area (Å²) in [6.07, 6.45) is 4.63. The molecule has 1 atom stereocenters. The third kappa shape index (κ3) is 3.69. The van der Waals surface area contributed by atoms with Crippen LogP contribution >= 0.6 is 0 Å². The summed E-state index contributed by atoms with van der Waals surface area (Å²) in [7, 11) is 0. The predicted molar refractivity (Wildman–Crippen MR) is 87.8 cm³/mol. The van der Waals surface area contributed by atoms with Crippen LogP contribution in [-0.2, 0) is 6.54 Å². The van der Waals surface area contributed by atoms with Gasteiger partial charge in [0.25, 0.3) is 12.3 Å². The molecule has 1 unspecified atom stereocenters. The first-order valence-corrected chi connectivity index (χ1v) is 7.99. The molecule has 1 fully saturated rings. The third-order valence-electron chi connectivity index (χ3n) is 4.12. The zero-order valence-corrected chi connectivity index (χ0v) is 13.2. The largest absolute Gasteiger partial charge is 0.331 e. The Bertz CT molecular complexity index is 712. The average Bonchev–Trinajstić information content (AvgIpc) is 3.22. The lowest BCUT2D eigenvalue weighted by Crippen LogP contribution is -2.36. The maximum absolute atomic E-state index is 12.7. The van der Waals surface area contributed by atoms with Crippen LogP contribution in [0.5, 0.6) is 0 Å². The van der Waals surface area contributed by atoms with Gasteiger partial charge >= 0.3 is 0 Å². The number of amides is 1. The second kappa shape index (κ2) is 7.38. The molecule has 2 heterocycles. The van der Waals surface area contributed by atoms with Crippen LogP contribution in [0.4, 0.5) is 8.78 Å². The Morgan fingerprint density at radius 2 is 2.08 bits per heavy atom. The second-order valence-electron chi connectivity index (χ2n) is 5.77. The number of rotatable bonds is 5. The van der Waals surface area contributed by atoms with Gasteiger partial charge in [0, 0.05) is 12.7 Å². The summed E-state index contributed by atoms with van der Waals surface area (Å²) in [6, 6.07) is 11.3. The first kappa shape index (κ1) is 16.4. The summed E-state index contributed by atoms with van der Waals surface area (Å²) in [5, 5.41) is 3.84. The molecule has 1 saturated heterocycles. The van der Waals surface area contributed by atoms with Crippen molar-refractivity contribution < 1.29 is 13.6 Å². The van der Waals surface area contributed by atoms with Crippen LogP contribution in [0.15, 0.2) is 48.7 Å². The molecule has 1 aromatic carbocycles. The summed E-state index contributed by atoms with van der Waals surface area (Å²) in [6.45, 7) is 0.0644. The fourth-order valence-corrected chi connectivity index (χ4v) is 2.97. The highest BCUT2D eigenvalue weighted by atomic mass is 19.3. The van der Waals surface area contributed by atoms with E-state index in [-0.39, 0.29) is 17.6 Å². The molecule has 1 aliphatic heterocycles. The van der Waals surface area contributed by atoms with Crippen molar-refractivity contribution in [1.29, 1.82) is 0 Å². The van der Waals surface area contributed by atoms with Crippen molar-refractivity contribution in [2.75, 3.05) is 6.54 Å². The quantitative estimate of drug-likeness (QED) is 0.841. The fourth-order valence-electron chi connectivity index (χ4n) is 2.97. The molecule has 0 bridgehead atoms. The number of hydrogen-bond donors (Lipinski definition) is 0. The second-order valence-corrected chi connectivity index (χ2v) is 5.77. The standard InChI is InChI=1S/C18H19F2N3O/c19-17(20)13-23-16(10-11-21-23)18(24)22-12-4-7-15(22)9-8-14-5-2-1-3-6-14/h1-3,5-6,8-11,15,17H,4,7,12-13H2. The smallest absolute Gasteiger partial charge is 0.272 e. The zero-order chi connectivity index (χ0) is 16.9. The molecule has 1 aromatic heterocycles. The maximum atomic E-state index is 12.7. The van der Waals surface area contributed by atoms with Crippen molar-refractivity contribution in [3.8, 4) is 0 Å². The van der Waals surface area contributed by atoms with Crippen molar-refractivity contribution in [3.05, 3.63) is 59.9 Å². The molecule has 1 aliphatic rings. The van der Waals surface area contributed by atoms with E-state index in [1.807, 2.05) is 42.5 Å². The summed E-state index contributed by atoms with van der Waals surface area (Å²) >= 11 is 0. The number of nitrogens with zero attached hydrogens (tertiary/aromatic N) is 3. The summed E-state index contributed by atoms with van der Waals surface area (Å²) in [5.41, 5.74) is 1.29. The van der Waals surface area contributed by atoms with Gasteiger partial charge in [0.2, 0.25) is 0 Å². The summed E-state index contributed by atoms with van der Waals surface area (Å²) in [4.78, 5) is 14.5. The Balaban J connectivity index is 1.74. The predicted octanol–water partition coefficient (Wildman–Crippen LogP) is 3.47. The van der Waals surface area contributed by atoms with E-state index in [0.29, 0.717) is 6.54 Å². The Morgan fingerprint density at radius 1 is 1.29 bits per heavy atom. The Morgan fingerprint density at radius 3 is 2.83 bits per heavy atom. The third-order valence-corrected chi connectivity index (χ3v) is 4.12. The van der Waals surface area contributed by atoms with E-state index in [9.17, 15) is 13.6 Å². The molecule has 1 amide bonds. The lowest BCUT2D eigenvalue weighted by molar-refractivity contribution is 0.0736. The molecule has 126 valence electrons. The molecule has 0 N–H and O–H groups in total. The van der Waals surface area contributed by atoms with E-state index >= 15 is 0 Å². The number of hydrogen-bond acceptors (Lipinski definition) is 2. The lowest BCUT2D eigenvalue weighted by Gasteiger charge is -2.22. The molecular weight excluding hydrogens is 312 g/mol. The number of benzene rings is 1. The van der Waals surface area contributed by atoms with Crippen molar-refractivity contribution in [2.45, 2.75) is 31.9 Å². The Hall–Kier alpha value is -2.50. The van der Waals surface area contributed by atoms with Gasteiger partial charge in [0.05, 0.1) is 6.04 Å². The van der Waals surface area contributed by atoms with Gasteiger partial charge < -0.3 is 4.90 Å². The van der Waals surface area contributed by atoms with Crippen molar-refractivity contribution in [1.82, 2.24) is 14.7 Å². The highest BCUT2D eigenvalue weighted by Gasteiger charge is 2.29. The van der Waals surface area contributed by atoms with Gasteiger partial charge in [-0.25, -0.2) is 8.78 Å². The minimum Gasteiger partial charge on any atom is -0.331 e. The topological polar surface area (TPSA) is 38.1 Å². The van der Waals surface area contributed by atoms with Gasteiger partial charge in [0.15, 0.2) is 0 Å². The first-order chi connectivity index (χ1) is 11.6. The molecule has 3 rings (SSSR count). The van der Waals surface area contributed by atoms with E-state index in [4.69, 9.17) is 0 Å². The number of alkyl halides is 2. The van der Waals surface area contributed by atoms with Crippen molar-refractivity contribution in [2.24, 2.45) is 0 Å². The monoisotopic (exact) mass is 331 g/mol. The van der Waals surface area contributed by atoms with E-state index in [0.717, 1.165) is 23.1 Å². The minimum absolute atomic E-state index is 0.0207. The zero-order valence-electron chi connectivity index (χ0n) is 13.2. The highest BCUT2D eigenvalue weighted by Crippen LogP contribution is 2.22.